The first-order chi connectivity index (χ1) is 13.5. The molecule has 4 rings (SSSR count). The largest absolute Gasteiger partial charge is 0.396 e. The molecule has 2 aliphatic rings. The number of rotatable bonds is 2. The van der Waals surface area contributed by atoms with Gasteiger partial charge in [0.25, 0.3) is 11.8 Å². The lowest BCUT2D eigenvalue weighted by Gasteiger charge is -2.36. The summed E-state index contributed by atoms with van der Waals surface area (Å²) in [4.78, 5) is 42.6. The summed E-state index contributed by atoms with van der Waals surface area (Å²) in [6.45, 7) is 1.26. The molecule has 0 spiro atoms. The van der Waals surface area contributed by atoms with Crippen LogP contribution in [0.25, 0.3) is 0 Å². The fourth-order valence-electron chi connectivity index (χ4n) is 3.71. The van der Waals surface area contributed by atoms with Crippen LogP contribution in [-0.4, -0.2) is 65.0 Å². The van der Waals surface area contributed by atoms with Crippen molar-refractivity contribution < 1.29 is 18.7 Å². The van der Waals surface area contributed by atoms with Gasteiger partial charge >= 0.3 is 0 Å². The van der Waals surface area contributed by atoms with Gasteiger partial charge in [-0.1, -0.05) is 6.07 Å². The van der Waals surface area contributed by atoms with Gasteiger partial charge in [0.1, 0.15) is 5.82 Å². The SMILES string of the molecule is Nc1c(F)cccc1C(=O)N1CCO[C@@H]2CN(C(=O)c3ccc(=O)[nH]c3)C[C@@H]21. The Labute approximate surface area is 159 Å². The molecule has 28 heavy (non-hydrogen) atoms. The quantitative estimate of drug-likeness (QED) is 0.729. The van der Waals surface area contributed by atoms with E-state index in [4.69, 9.17) is 10.5 Å². The molecule has 2 saturated heterocycles. The summed E-state index contributed by atoms with van der Waals surface area (Å²) in [5.41, 5.74) is 5.72. The number of fused-ring (bicyclic) bond motifs is 1. The predicted molar refractivity (Wildman–Crippen MR) is 98.3 cm³/mol. The standard InChI is InChI=1S/C19H19FN4O4/c20-13-3-1-2-12(17(13)21)19(27)24-6-7-28-15-10-23(9-14(15)24)18(26)11-4-5-16(25)22-8-11/h1-5,8,14-15H,6-7,9-10,21H2,(H,22,25)/t14-,15+/m0/s1. The van der Waals surface area contributed by atoms with Gasteiger partial charge in [-0.05, 0) is 18.2 Å². The molecule has 0 bridgehead atoms. The number of hydrogen-bond donors (Lipinski definition) is 2. The van der Waals surface area contributed by atoms with Gasteiger partial charge in [0.05, 0.1) is 35.6 Å². The van der Waals surface area contributed by atoms with Crippen LogP contribution in [0, 0.1) is 5.82 Å². The second kappa shape index (κ2) is 7.08. The fourth-order valence-corrected chi connectivity index (χ4v) is 3.71. The van der Waals surface area contributed by atoms with Gasteiger partial charge in [-0.3, -0.25) is 14.4 Å². The summed E-state index contributed by atoms with van der Waals surface area (Å²) < 4.78 is 19.5. The fraction of sp³-hybridized carbons (Fsp3) is 0.316. The number of hydrogen-bond acceptors (Lipinski definition) is 5. The molecule has 3 N–H and O–H groups in total. The van der Waals surface area contributed by atoms with Crippen molar-refractivity contribution >= 4 is 17.5 Å². The van der Waals surface area contributed by atoms with E-state index in [1.807, 2.05) is 0 Å². The van der Waals surface area contributed by atoms with E-state index in [-0.39, 0.29) is 47.3 Å². The zero-order valence-corrected chi connectivity index (χ0v) is 14.9. The van der Waals surface area contributed by atoms with Gasteiger partial charge in [-0.2, -0.15) is 0 Å². The van der Waals surface area contributed by atoms with Crippen LogP contribution >= 0.6 is 0 Å². The van der Waals surface area contributed by atoms with Crippen molar-refractivity contribution in [2.45, 2.75) is 12.1 Å². The van der Waals surface area contributed by atoms with Gasteiger partial charge in [0, 0.05) is 31.9 Å². The van der Waals surface area contributed by atoms with E-state index in [1.54, 1.807) is 9.80 Å². The summed E-state index contributed by atoms with van der Waals surface area (Å²) in [6.07, 6.45) is 1.03. The Morgan fingerprint density at radius 1 is 1.18 bits per heavy atom. The third kappa shape index (κ3) is 3.13. The number of aromatic nitrogens is 1. The summed E-state index contributed by atoms with van der Waals surface area (Å²) in [6, 6.07) is 6.53. The lowest BCUT2D eigenvalue weighted by molar-refractivity contribution is -0.0369. The second-order valence-corrected chi connectivity index (χ2v) is 6.83. The van der Waals surface area contributed by atoms with E-state index in [0.29, 0.717) is 25.3 Å². The van der Waals surface area contributed by atoms with Crippen LogP contribution in [0.2, 0.25) is 0 Å². The lowest BCUT2D eigenvalue weighted by atomic mass is 10.1. The number of para-hydroxylation sites is 1. The Kier molecular flexibility index (Phi) is 4.60. The lowest BCUT2D eigenvalue weighted by Crippen LogP contribution is -2.53. The summed E-state index contributed by atoms with van der Waals surface area (Å²) >= 11 is 0. The number of pyridine rings is 1. The average Bonchev–Trinajstić information content (AvgIpc) is 3.14. The number of H-pyrrole nitrogens is 1. The number of anilines is 1. The maximum Gasteiger partial charge on any atom is 0.256 e. The molecule has 2 atom stereocenters. The molecule has 8 nitrogen and oxygen atoms in total. The van der Waals surface area contributed by atoms with Gasteiger partial charge in [0.2, 0.25) is 5.56 Å². The number of amides is 2. The Morgan fingerprint density at radius 3 is 2.75 bits per heavy atom. The van der Waals surface area contributed by atoms with Crippen molar-refractivity contribution in [2.24, 2.45) is 0 Å². The number of nitrogens with zero attached hydrogens (tertiary/aromatic N) is 2. The van der Waals surface area contributed by atoms with Crippen LogP contribution in [0.5, 0.6) is 0 Å². The zero-order chi connectivity index (χ0) is 19.8. The number of aromatic amines is 1. The van der Waals surface area contributed by atoms with E-state index in [0.717, 1.165) is 0 Å². The van der Waals surface area contributed by atoms with E-state index < -0.39 is 5.82 Å². The first-order valence-electron chi connectivity index (χ1n) is 8.90. The number of benzene rings is 1. The third-order valence-corrected chi connectivity index (χ3v) is 5.16. The Morgan fingerprint density at radius 2 is 2.00 bits per heavy atom. The minimum absolute atomic E-state index is 0.103. The minimum Gasteiger partial charge on any atom is -0.396 e. The molecular weight excluding hydrogens is 367 g/mol. The van der Waals surface area contributed by atoms with Crippen molar-refractivity contribution in [3.8, 4) is 0 Å². The van der Waals surface area contributed by atoms with Gasteiger partial charge in [0.15, 0.2) is 0 Å². The molecular formula is C19H19FN4O4. The normalized spacial score (nSPS) is 21.5. The number of nitrogen functional groups attached to an aromatic ring is 1. The summed E-state index contributed by atoms with van der Waals surface area (Å²) in [5, 5.41) is 0. The molecule has 1 aromatic carbocycles. The molecule has 2 aromatic rings. The van der Waals surface area contributed by atoms with Crippen molar-refractivity contribution in [1.82, 2.24) is 14.8 Å². The molecule has 2 amide bonds. The summed E-state index contributed by atoms with van der Waals surface area (Å²) in [7, 11) is 0. The molecule has 2 aliphatic heterocycles. The van der Waals surface area contributed by atoms with E-state index >= 15 is 0 Å². The van der Waals surface area contributed by atoms with Gasteiger partial charge in [-0.15, -0.1) is 0 Å². The topological polar surface area (TPSA) is 109 Å². The van der Waals surface area contributed by atoms with Gasteiger partial charge in [-0.25, -0.2) is 4.39 Å². The number of carbonyl (C=O) groups is 2. The zero-order valence-electron chi connectivity index (χ0n) is 14.9. The van der Waals surface area contributed by atoms with E-state index in [2.05, 4.69) is 4.98 Å². The highest BCUT2D eigenvalue weighted by Gasteiger charge is 2.44. The highest BCUT2D eigenvalue weighted by molar-refractivity contribution is 5.99. The first-order valence-corrected chi connectivity index (χ1v) is 8.90. The molecule has 0 unspecified atom stereocenters. The van der Waals surface area contributed by atoms with Crippen LogP contribution in [0.4, 0.5) is 10.1 Å². The molecule has 146 valence electrons. The van der Waals surface area contributed by atoms with E-state index in [9.17, 15) is 18.8 Å². The van der Waals surface area contributed by atoms with Crippen LogP contribution in [0.1, 0.15) is 20.7 Å². The smallest absolute Gasteiger partial charge is 0.256 e. The summed E-state index contributed by atoms with van der Waals surface area (Å²) in [5.74, 6) is -1.28. The highest BCUT2D eigenvalue weighted by atomic mass is 19.1. The number of halogens is 1. The van der Waals surface area contributed by atoms with Crippen LogP contribution in [0.15, 0.2) is 41.3 Å². The third-order valence-electron chi connectivity index (χ3n) is 5.16. The van der Waals surface area contributed by atoms with E-state index in [1.165, 1.54) is 36.5 Å². The Bertz CT molecular complexity index is 972. The van der Waals surface area contributed by atoms with Crippen molar-refractivity contribution in [3.63, 3.8) is 0 Å². The number of likely N-dealkylation sites (tertiary alicyclic amines) is 1. The maximum atomic E-state index is 13.8. The molecule has 1 aromatic heterocycles. The molecule has 0 saturated carbocycles. The number of carbonyl (C=O) groups excluding carboxylic acids is 2. The predicted octanol–water partition coefficient (Wildman–Crippen LogP) is 0.462. The number of nitrogens with one attached hydrogen (secondary N) is 1. The maximum absolute atomic E-state index is 13.8. The van der Waals surface area contributed by atoms with Crippen LogP contribution in [0.3, 0.4) is 0 Å². The van der Waals surface area contributed by atoms with Crippen molar-refractivity contribution in [1.29, 1.82) is 0 Å². The van der Waals surface area contributed by atoms with Crippen molar-refractivity contribution in [2.75, 3.05) is 32.0 Å². The Balaban J connectivity index is 1.55. The number of ether oxygens (including phenoxy) is 1. The minimum atomic E-state index is -0.642. The van der Waals surface area contributed by atoms with Crippen LogP contribution in [-0.2, 0) is 4.74 Å². The first kappa shape index (κ1) is 18.2. The van der Waals surface area contributed by atoms with Gasteiger partial charge < -0.3 is 25.3 Å². The molecule has 0 aliphatic carbocycles. The monoisotopic (exact) mass is 386 g/mol. The molecule has 3 heterocycles. The average molecular weight is 386 g/mol. The molecule has 2 fully saturated rings. The molecule has 0 radical (unpaired) electrons. The Hall–Kier alpha value is -3.20. The number of morpholine rings is 1. The number of nitrogens with two attached hydrogens (primary N) is 1. The van der Waals surface area contributed by atoms with Crippen molar-refractivity contribution in [3.05, 3.63) is 63.8 Å². The molecule has 9 heteroatoms. The highest BCUT2D eigenvalue weighted by Crippen LogP contribution is 2.27. The van der Waals surface area contributed by atoms with Crippen LogP contribution < -0.4 is 11.3 Å². The second-order valence-electron chi connectivity index (χ2n) is 6.83.